The number of carbonyl (C=O) groups excluding carboxylic acids is 1. The summed E-state index contributed by atoms with van der Waals surface area (Å²) in [6, 6.07) is 6.18. The molecule has 1 N–H and O–H groups in total. The fraction of sp³-hybridized carbons (Fsp3) is 0.650. The Morgan fingerprint density at radius 1 is 1.40 bits per heavy atom. The molecular weight excluding hydrogens is 316 g/mol. The lowest BCUT2D eigenvalue weighted by atomic mass is 10.0. The van der Waals surface area contributed by atoms with E-state index in [-0.39, 0.29) is 17.9 Å². The molecule has 2 atom stereocenters. The molecule has 5 heteroatoms. The molecule has 0 bridgehead atoms. The number of rotatable bonds is 6. The minimum atomic E-state index is -0.456. The first-order valence-electron chi connectivity index (χ1n) is 9.42. The van der Waals surface area contributed by atoms with Crippen LogP contribution in [0.15, 0.2) is 18.2 Å². The van der Waals surface area contributed by atoms with Gasteiger partial charge in [-0.05, 0) is 55.4 Å². The molecule has 1 fully saturated rings. The number of hydrogen-bond acceptors (Lipinski definition) is 4. The monoisotopic (exact) mass is 346 g/mol. The van der Waals surface area contributed by atoms with Gasteiger partial charge < -0.3 is 19.7 Å². The van der Waals surface area contributed by atoms with E-state index in [2.05, 4.69) is 29.4 Å². The van der Waals surface area contributed by atoms with Crippen LogP contribution in [0.3, 0.4) is 0 Å². The van der Waals surface area contributed by atoms with Crippen LogP contribution in [-0.4, -0.2) is 44.9 Å². The summed E-state index contributed by atoms with van der Waals surface area (Å²) in [5.41, 5.74) is 3.41. The van der Waals surface area contributed by atoms with E-state index in [0.29, 0.717) is 6.61 Å². The summed E-state index contributed by atoms with van der Waals surface area (Å²) < 4.78 is 11.5. The van der Waals surface area contributed by atoms with E-state index in [1.165, 1.54) is 11.3 Å². The molecule has 0 aliphatic carbocycles. The Labute approximate surface area is 150 Å². The third kappa shape index (κ3) is 4.53. The molecule has 2 unspecified atom stereocenters. The maximum atomic E-state index is 12.7. The summed E-state index contributed by atoms with van der Waals surface area (Å²) in [5, 5.41) is 3.04. The first-order valence-corrected chi connectivity index (χ1v) is 9.42. The van der Waals surface area contributed by atoms with E-state index < -0.39 is 6.10 Å². The van der Waals surface area contributed by atoms with E-state index in [1.54, 1.807) is 0 Å². The smallest absolute Gasteiger partial charge is 0.253 e. The minimum absolute atomic E-state index is 0.0721. The van der Waals surface area contributed by atoms with Crippen molar-refractivity contribution in [3.05, 3.63) is 23.8 Å². The number of anilines is 2. The van der Waals surface area contributed by atoms with Gasteiger partial charge >= 0.3 is 0 Å². The van der Waals surface area contributed by atoms with Gasteiger partial charge in [-0.3, -0.25) is 4.79 Å². The van der Waals surface area contributed by atoms with Gasteiger partial charge in [-0.15, -0.1) is 0 Å². The molecule has 1 saturated heterocycles. The van der Waals surface area contributed by atoms with Crippen molar-refractivity contribution in [2.24, 2.45) is 5.92 Å². The molecule has 2 heterocycles. The van der Waals surface area contributed by atoms with Crippen LogP contribution >= 0.6 is 0 Å². The van der Waals surface area contributed by atoms with Crippen LogP contribution in [-0.2, 0) is 20.7 Å². The van der Waals surface area contributed by atoms with Crippen molar-refractivity contribution in [3.8, 4) is 0 Å². The fourth-order valence-corrected chi connectivity index (χ4v) is 3.63. The Balaban J connectivity index is 1.62. The standard InChI is InChI=1S/C20H30N2O3/c1-14(2)19(25-13-17-7-5-11-24-17)20(23)21-16-8-9-18-15(12-16)6-4-10-22(18)3/h8-9,12,14,17,19H,4-7,10-11,13H2,1-3H3,(H,21,23). The predicted octanol–water partition coefficient (Wildman–Crippen LogP) is 3.23. The highest BCUT2D eigenvalue weighted by atomic mass is 16.5. The molecule has 138 valence electrons. The summed E-state index contributed by atoms with van der Waals surface area (Å²) in [4.78, 5) is 15.0. The van der Waals surface area contributed by atoms with Crippen LogP contribution in [0, 0.1) is 5.92 Å². The van der Waals surface area contributed by atoms with Gasteiger partial charge in [-0.1, -0.05) is 13.8 Å². The average molecular weight is 346 g/mol. The molecular formula is C20H30N2O3. The number of hydrogen-bond donors (Lipinski definition) is 1. The van der Waals surface area contributed by atoms with E-state index in [1.807, 2.05) is 19.9 Å². The largest absolute Gasteiger partial charge is 0.376 e. The lowest BCUT2D eigenvalue weighted by molar-refractivity contribution is -0.132. The zero-order chi connectivity index (χ0) is 17.8. The van der Waals surface area contributed by atoms with Crippen LogP contribution in [0.5, 0.6) is 0 Å². The van der Waals surface area contributed by atoms with Gasteiger partial charge in [-0.25, -0.2) is 0 Å². The van der Waals surface area contributed by atoms with E-state index >= 15 is 0 Å². The van der Waals surface area contributed by atoms with E-state index in [9.17, 15) is 4.79 Å². The van der Waals surface area contributed by atoms with Crippen LogP contribution in [0.25, 0.3) is 0 Å². The molecule has 3 rings (SSSR count). The summed E-state index contributed by atoms with van der Waals surface area (Å²) in [7, 11) is 2.12. The Kier molecular flexibility index (Phi) is 5.97. The molecule has 0 saturated carbocycles. The van der Waals surface area contributed by atoms with Gasteiger partial charge in [0.25, 0.3) is 5.91 Å². The first kappa shape index (κ1) is 18.2. The van der Waals surface area contributed by atoms with E-state index in [4.69, 9.17) is 9.47 Å². The third-order valence-electron chi connectivity index (χ3n) is 5.05. The van der Waals surface area contributed by atoms with Crippen LogP contribution in [0.2, 0.25) is 0 Å². The molecule has 1 aromatic carbocycles. The quantitative estimate of drug-likeness (QED) is 0.859. The van der Waals surface area contributed by atoms with Crippen molar-refractivity contribution in [1.29, 1.82) is 0 Å². The number of aryl methyl sites for hydroxylation is 1. The second kappa shape index (κ2) is 8.19. The number of benzene rings is 1. The number of amides is 1. The predicted molar refractivity (Wildman–Crippen MR) is 100 cm³/mol. The summed E-state index contributed by atoms with van der Waals surface area (Å²) in [5.74, 6) is 0.0438. The van der Waals surface area contributed by atoms with Crippen LogP contribution < -0.4 is 10.2 Å². The van der Waals surface area contributed by atoms with Crippen molar-refractivity contribution in [2.45, 2.75) is 51.7 Å². The number of nitrogens with one attached hydrogen (secondary N) is 1. The minimum Gasteiger partial charge on any atom is -0.376 e. The molecule has 0 radical (unpaired) electrons. The first-order chi connectivity index (χ1) is 12.0. The lowest BCUT2D eigenvalue weighted by Gasteiger charge is -2.28. The van der Waals surface area contributed by atoms with Gasteiger partial charge in [0.15, 0.2) is 0 Å². The van der Waals surface area contributed by atoms with Gasteiger partial charge in [-0.2, -0.15) is 0 Å². The fourth-order valence-electron chi connectivity index (χ4n) is 3.63. The third-order valence-corrected chi connectivity index (χ3v) is 5.05. The van der Waals surface area contributed by atoms with Gasteiger partial charge in [0, 0.05) is 31.6 Å². The zero-order valence-corrected chi connectivity index (χ0v) is 15.6. The molecule has 2 aliphatic rings. The normalized spacial score (nSPS) is 21.3. The van der Waals surface area contributed by atoms with Gasteiger partial charge in [0.05, 0.1) is 12.7 Å². The molecule has 0 spiro atoms. The molecule has 1 amide bonds. The number of nitrogens with zero attached hydrogens (tertiary/aromatic N) is 1. The Bertz CT molecular complexity index is 597. The Morgan fingerprint density at radius 3 is 2.96 bits per heavy atom. The number of carbonyl (C=O) groups is 1. The van der Waals surface area contributed by atoms with Crippen molar-refractivity contribution in [2.75, 3.05) is 37.0 Å². The summed E-state index contributed by atoms with van der Waals surface area (Å²) in [6.07, 6.45) is 3.99. The Hall–Kier alpha value is -1.59. The van der Waals surface area contributed by atoms with E-state index in [0.717, 1.165) is 44.5 Å². The molecule has 1 aromatic rings. The molecule has 25 heavy (non-hydrogen) atoms. The van der Waals surface area contributed by atoms with Crippen molar-refractivity contribution < 1.29 is 14.3 Å². The highest BCUT2D eigenvalue weighted by Gasteiger charge is 2.26. The topological polar surface area (TPSA) is 50.8 Å². The average Bonchev–Trinajstić information content (AvgIpc) is 3.08. The molecule has 2 aliphatic heterocycles. The van der Waals surface area contributed by atoms with Crippen LogP contribution in [0.4, 0.5) is 11.4 Å². The molecule has 5 nitrogen and oxygen atoms in total. The highest BCUT2D eigenvalue weighted by Crippen LogP contribution is 2.28. The highest BCUT2D eigenvalue weighted by molar-refractivity contribution is 5.94. The summed E-state index contributed by atoms with van der Waals surface area (Å²) >= 11 is 0. The van der Waals surface area contributed by atoms with Crippen molar-refractivity contribution in [1.82, 2.24) is 0 Å². The summed E-state index contributed by atoms with van der Waals surface area (Å²) in [6.45, 7) is 6.41. The van der Waals surface area contributed by atoms with Gasteiger partial charge in [0.1, 0.15) is 6.10 Å². The van der Waals surface area contributed by atoms with Crippen LogP contribution in [0.1, 0.15) is 38.7 Å². The van der Waals surface area contributed by atoms with Gasteiger partial charge in [0.2, 0.25) is 0 Å². The SMILES string of the molecule is CC(C)C(OCC1CCCO1)C(=O)Nc1ccc2c(c1)CCCN2C. The Morgan fingerprint density at radius 2 is 2.24 bits per heavy atom. The maximum Gasteiger partial charge on any atom is 0.253 e. The number of fused-ring (bicyclic) bond motifs is 1. The zero-order valence-electron chi connectivity index (χ0n) is 15.6. The van der Waals surface area contributed by atoms with Crippen molar-refractivity contribution >= 4 is 17.3 Å². The lowest BCUT2D eigenvalue weighted by Crippen LogP contribution is -2.37. The van der Waals surface area contributed by atoms with Crippen molar-refractivity contribution in [3.63, 3.8) is 0 Å². The second-order valence-electron chi connectivity index (χ2n) is 7.49. The second-order valence-corrected chi connectivity index (χ2v) is 7.49. The number of ether oxygens (including phenoxy) is 2. The maximum absolute atomic E-state index is 12.7. The molecule has 0 aromatic heterocycles.